The zero-order valence-corrected chi connectivity index (χ0v) is 17.0. The molecule has 0 unspecified atom stereocenters. The summed E-state index contributed by atoms with van der Waals surface area (Å²) < 4.78 is 32.3. The summed E-state index contributed by atoms with van der Waals surface area (Å²) in [7, 11) is -3.52. The van der Waals surface area contributed by atoms with E-state index in [0.717, 1.165) is 19.3 Å². The maximum absolute atomic E-state index is 12.1. The van der Waals surface area contributed by atoms with Crippen LogP contribution in [0.5, 0.6) is 5.75 Å². The predicted octanol–water partition coefficient (Wildman–Crippen LogP) is 3.01. The van der Waals surface area contributed by atoms with Gasteiger partial charge in [-0.25, -0.2) is 13.1 Å². The van der Waals surface area contributed by atoms with Crippen molar-refractivity contribution in [1.29, 1.82) is 0 Å². The predicted molar refractivity (Wildman–Crippen MR) is 106 cm³/mol. The van der Waals surface area contributed by atoms with Gasteiger partial charge in [0.15, 0.2) is 6.61 Å². The van der Waals surface area contributed by atoms with Gasteiger partial charge in [0.2, 0.25) is 10.0 Å². The second-order valence-electron chi connectivity index (χ2n) is 7.21. The molecule has 1 amide bonds. The van der Waals surface area contributed by atoms with E-state index in [0.29, 0.717) is 18.8 Å². The monoisotopic (exact) mass is 394 g/mol. The Morgan fingerprint density at radius 2 is 1.93 bits per heavy atom. The van der Waals surface area contributed by atoms with E-state index in [4.69, 9.17) is 4.74 Å². The Bertz CT molecular complexity index is 740. The number of hydrogen-bond donors (Lipinski definition) is 2. The Labute approximate surface area is 162 Å². The largest absolute Gasteiger partial charge is 0.484 e. The molecule has 6 nitrogen and oxygen atoms in total. The first kappa shape index (κ1) is 21.4. The molecule has 2 N–H and O–H groups in total. The molecule has 0 heterocycles. The molecule has 0 aliphatic heterocycles. The lowest BCUT2D eigenvalue weighted by Crippen LogP contribution is -2.30. The number of allylic oxidation sites excluding steroid dienone is 1. The van der Waals surface area contributed by atoms with Crippen LogP contribution in [0.1, 0.15) is 46.0 Å². The lowest BCUT2D eigenvalue weighted by molar-refractivity contribution is -0.123. The van der Waals surface area contributed by atoms with Crippen LogP contribution in [0.25, 0.3) is 0 Å². The molecule has 0 saturated heterocycles. The van der Waals surface area contributed by atoms with Crippen LogP contribution in [0.15, 0.2) is 40.8 Å². The SMILES string of the molecule is CC(C)CNS(=O)(=O)c1ccc(OCC(=O)NCCC2=CCCCC2)cc1. The molecular weight excluding hydrogens is 364 g/mol. The molecule has 0 saturated carbocycles. The highest BCUT2D eigenvalue weighted by Crippen LogP contribution is 2.19. The van der Waals surface area contributed by atoms with E-state index in [2.05, 4.69) is 16.1 Å². The minimum absolute atomic E-state index is 0.0866. The van der Waals surface area contributed by atoms with Gasteiger partial charge in [-0.3, -0.25) is 4.79 Å². The molecule has 0 radical (unpaired) electrons. The summed E-state index contributed by atoms with van der Waals surface area (Å²) in [6.45, 7) is 4.80. The molecule has 1 aromatic carbocycles. The minimum Gasteiger partial charge on any atom is -0.484 e. The number of rotatable bonds is 10. The van der Waals surface area contributed by atoms with Crippen LogP contribution in [-0.4, -0.2) is 34.0 Å². The lowest BCUT2D eigenvalue weighted by Gasteiger charge is -2.13. The van der Waals surface area contributed by atoms with E-state index in [1.54, 1.807) is 12.1 Å². The molecule has 0 bridgehead atoms. The maximum Gasteiger partial charge on any atom is 0.257 e. The van der Waals surface area contributed by atoms with Crippen molar-refractivity contribution in [3.63, 3.8) is 0 Å². The number of carbonyl (C=O) groups excluding carboxylic acids is 1. The van der Waals surface area contributed by atoms with Crippen molar-refractivity contribution in [2.75, 3.05) is 19.7 Å². The number of carbonyl (C=O) groups is 1. The highest BCUT2D eigenvalue weighted by molar-refractivity contribution is 7.89. The molecule has 7 heteroatoms. The molecule has 0 fully saturated rings. The highest BCUT2D eigenvalue weighted by Gasteiger charge is 2.14. The second-order valence-corrected chi connectivity index (χ2v) is 8.98. The third-order valence-corrected chi connectivity index (χ3v) is 5.78. The van der Waals surface area contributed by atoms with Gasteiger partial charge in [-0.2, -0.15) is 0 Å². The molecule has 27 heavy (non-hydrogen) atoms. The number of nitrogens with one attached hydrogen (secondary N) is 2. The summed E-state index contributed by atoms with van der Waals surface area (Å²) in [6, 6.07) is 6.07. The number of benzene rings is 1. The molecule has 0 aromatic heterocycles. The van der Waals surface area contributed by atoms with E-state index in [1.807, 2.05) is 13.8 Å². The van der Waals surface area contributed by atoms with Crippen molar-refractivity contribution in [1.82, 2.24) is 10.0 Å². The van der Waals surface area contributed by atoms with Crippen molar-refractivity contribution in [3.8, 4) is 5.75 Å². The number of amides is 1. The van der Waals surface area contributed by atoms with Gasteiger partial charge in [0.05, 0.1) is 4.90 Å². The fraction of sp³-hybridized carbons (Fsp3) is 0.550. The fourth-order valence-electron chi connectivity index (χ4n) is 2.77. The van der Waals surface area contributed by atoms with Crippen LogP contribution in [0, 0.1) is 5.92 Å². The normalized spacial score (nSPS) is 14.7. The summed E-state index contributed by atoms with van der Waals surface area (Å²) in [4.78, 5) is 12.1. The van der Waals surface area contributed by atoms with Crippen LogP contribution < -0.4 is 14.8 Å². The van der Waals surface area contributed by atoms with Gasteiger partial charge in [0.25, 0.3) is 5.91 Å². The van der Waals surface area contributed by atoms with Crippen LogP contribution in [0.2, 0.25) is 0 Å². The molecule has 0 atom stereocenters. The number of ether oxygens (including phenoxy) is 1. The summed E-state index contributed by atoms with van der Waals surface area (Å²) in [5.74, 6) is 0.514. The quantitative estimate of drug-likeness (QED) is 0.598. The Balaban J connectivity index is 1.74. The van der Waals surface area contributed by atoms with E-state index >= 15 is 0 Å². The Hall–Kier alpha value is -1.86. The molecule has 0 spiro atoms. The third kappa shape index (κ3) is 7.72. The first-order chi connectivity index (χ1) is 12.9. The molecule has 2 rings (SSSR count). The smallest absolute Gasteiger partial charge is 0.257 e. The second kappa shape index (κ2) is 10.5. The van der Waals surface area contributed by atoms with Gasteiger partial charge in [0.1, 0.15) is 5.75 Å². The minimum atomic E-state index is -3.52. The molecule has 1 aromatic rings. The first-order valence-corrected chi connectivity index (χ1v) is 11.0. The topological polar surface area (TPSA) is 84.5 Å². The van der Waals surface area contributed by atoms with Crippen LogP contribution in [-0.2, 0) is 14.8 Å². The maximum atomic E-state index is 12.1. The molecular formula is C20H30N2O4S. The van der Waals surface area contributed by atoms with E-state index in [9.17, 15) is 13.2 Å². The van der Waals surface area contributed by atoms with Crippen LogP contribution in [0.4, 0.5) is 0 Å². The third-order valence-electron chi connectivity index (χ3n) is 4.34. The van der Waals surface area contributed by atoms with Gasteiger partial charge in [-0.1, -0.05) is 25.5 Å². The Kier molecular flexibility index (Phi) is 8.31. The molecule has 1 aliphatic rings. The van der Waals surface area contributed by atoms with Crippen molar-refractivity contribution >= 4 is 15.9 Å². The van der Waals surface area contributed by atoms with Gasteiger partial charge >= 0.3 is 0 Å². The van der Waals surface area contributed by atoms with E-state index in [1.165, 1.54) is 30.5 Å². The van der Waals surface area contributed by atoms with Crippen LogP contribution >= 0.6 is 0 Å². The Morgan fingerprint density at radius 3 is 2.56 bits per heavy atom. The summed E-state index contributed by atoms with van der Waals surface area (Å²) in [5, 5.41) is 2.85. The summed E-state index contributed by atoms with van der Waals surface area (Å²) in [5.41, 5.74) is 1.42. The number of hydrogen-bond acceptors (Lipinski definition) is 4. The van der Waals surface area contributed by atoms with Gasteiger partial charge in [-0.15, -0.1) is 0 Å². The van der Waals surface area contributed by atoms with Crippen molar-refractivity contribution in [2.24, 2.45) is 5.92 Å². The number of sulfonamides is 1. The zero-order valence-electron chi connectivity index (χ0n) is 16.2. The average molecular weight is 395 g/mol. The van der Waals surface area contributed by atoms with Crippen molar-refractivity contribution in [3.05, 3.63) is 35.9 Å². The van der Waals surface area contributed by atoms with Crippen molar-refractivity contribution in [2.45, 2.75) is 50.8 Å². The van der Waals surface area contributed by atoms with E-state index in [-0.39, 0.29) is 23.3 Å². The van der Waals surface area contributed by atoms with E-state index < -0.39 is 10.0 Å². The average Bonchev–Trinajstić information content (AvgIpc) is 2.66. The summed E-state index contributed by atoms with van der Waals surface area (Å²) in [6.07, 6.45) is 7.94. The van der Waals surface area contributed by atoms with Crippen LogP contribution in [0.3, 0.4) is 0 Å². The zero-order chi connectivity index (χ0) is 19.7. The standard InChI is InChI=1S/C20H30N2O4S/c1-16(2)14-22-27(24,25)19-10-8-18(9-11-19)26-15-20(23)21-13-12-17-6-4-3-5-7-17/h6,8-11,16,22H,3-5,7,12-15H2,1-2H3,(H,21,23). The van der Waals surface area contributed by atoms with Gasteiger partial charge in [0, 0.05) is 13.1 Å². The first-order valence-electron chi connectivity index (χ1n) is 9.54. The summed E-state index contributed by atoms with van der Waals surface area (Å²) >= 11 is 0. The van der Waals surface area contributed by atoms with Crippen molar-refractivity contribution < 1.29 is 17.9 Å². The molecule has 150 valence electrons. The highest BCUT2D eigenvalue weighted by atomic mass is 32.2. The lowest BCUT2D eigenvalue weighted by atomic mass is 9.97. The Morgan fingerprint density at radius 1 is 1.19 bits per heavy atom. The van der Waals surface area contributed by atoms with Gasteiger partial charge in [-0.05, 0) is 62.3 Å². The molecule has 1 aliphatic carbocycles. The fourth-order valence-corrected chi connectivity index (χ4v) is 3.98. The van der Waals surface area contributed by atoms with Gasteiger partial charge < -0.3 is 10.1 Å².